The highest BCUT2D eigenvalue weighted by molar-refractivity contribution is 5.86. The molecule has 1 aromatic heterocycles. The molecule has 1 N–H and O–H groups in total. The standard InChI is InChI=1S/C20H22N2O/c1-4-12-10-22-18-9-16-14-6-5-13(23-3)7-17(14)21-20(16)19(22)8-15(12)11(18)2/h4-7,15,18-19,21H,2,8-10H2,1,3H3/b12-4-/t15-,18+,19+/m1/s1. The fraction of sp³-hybridized carbons (Fsp3) is 0.400. The summed E-state index contributed by atoms with van der Waals surface area (Å²) in [5, 5.41) is 1.36. The van der Waals surface area contributed by atoms with Crippen LogP contribution in [0.25, 0.3) is 10.9 Å². The maximum Gasteiger partial charge on any atom is 0.120 e. The zero-order chi connectivity index (χ0) is 15.7. The molecule has 4 atom stereocenters. The topological polar surface area (TPSA) is 28.3 Å². The summed E-state index contributed by atoms with van der Waals surface area (Å²) in [6.45, 7) is 7.74. The monoisotopic (exact) mass is 306 g/mol. The number of ether oxygens (including phenoxy) is 1. The normalized spacial score (nSPS) is 33.3. The minimum absolute atomic E-state index is 0.510. The lowest BCUT2D eigenvalue weighted by Crippen LogP contribution is -2.56. The summed E-state index contributed by atoms with van der Waals surface area (Å²) in [7, 11) is 1.73. The van der Waals surface area contributed by atoms with Crippen LogP contribution in [0.2, 0.25) is 0 Å². The third kappa shape index (κ3) is 1.63. The molecule has 4 aliphatic rings. The first kappa shape index (κ1) is 13.4. The van der Waals surface area contributed by atoms with E-state index in [1.54, 1.807) is 12.7 Å². The first-order valence-corrected chi connectivity index (χ1v) is 8.49. The molecule has 0 saturated carbocycles. The van der Waals surface area contributed by atoms with Gasteiger partial charge in [-0.2, -0.15) is 0 Å². The second-order valence-electron chi connectivity index (χ2n) is 7.06. The lowest BCUT2D eigenvalue weighted by molar-refractivity contribution is 0.0629. The SMILES string of the molecule is C=C1[C@H]2C[C@H]3c4[nH]c5cc(OC)ccc5c4C[C@@H]1N3C/C2=C/C. The molecule has 5 heterocycles. The Kier molecular flexibility index (Phi) is 2.64. The molecule has 3 nitrogen and oxygen atoms in total. The fourth-order valence-electron chi connectivity index (χ4n) is 5.01. The minimum atomic E-state index is 0.510. The number of hydrogen-bond acceptors (Lipinski definition) is 2. The van der Waals surface area contributed by atoms with Gasteiger partial charge in [-0.05, 0) is 37.5 Å². The van der Waals surface area contributed by atoms with Gasteiger partial charge in [-0.15, -0.1) is 0 Å². The minimum Gasteiger partial charge on any atom is -0.497 e. The number of H-pyrrole nitrogens is 1. The van der Waals surface area contributed by atoms with Crippen LogP contribution in [-0.4, -0.2) is 29.6 Å². The highest BCUT2D eigenvalue weighted by Crippen LogP contribution is 2.53. The number of piperidine rings is 3. The van der Waals surface area contributed by atoms with E-state index in [0.717, 1.165) is 18.7 Å². The van der Waals surface area contributed by atoms with Crippen LogP contribution >= 0.6 is 0 Å². The molecule has 4 bridgehead atoms. The predicted molar refractivity (Wildman–Crippen MR) is 92.8 cm³/mol. The molecule has 118 valence electrons. The summed E-state index contributed by atoms with van der Waals surface area (Å²) in [5.41, 5.74) is 7.11. The van der Waals surface area contributed by atoms with Gasteiger partial charge in [0, 0.05) is 41.2 Å². The molecule has 0 aliphatic carbocycles. The molecule has 0 spiro atoms. The highest BCUT2D eigenvalue weighted by Gasteiger charge is 2.49. The van der Waals surface area contributed by atoms with Crippen molar-refractivity contribution in [3.05, 3.63) is 53.3 Å². The number of allylic oxidation sites excluding steroid dienone is 1. The van der Waals surface area contributed by atoms with Crippen molar-refractivity contribution in [2.45, 2.75) is 31.8 Å². The van der Waals surface area contributed by atoms with Crippen LogP contribution < -0.4 is 4.74 Å². The highest BCUT2D eigenvalue weighted by atomic mass is 16.5. The quantitative estimate of drug-likeness (QED) is 0.807. The van der Waals surface area contributed by atoms with Crippen LogP contribution in [0.15, 0.2) is 42.0 Å². The van der Waals surface area contributed by atoms with Gasteiger partial charge >= 0.3 is 0 Å². The number of aromatic nitrogens is 1. The molecule has 2 aromatic rings. The van der Waals surface area contributed by atoms with Gasteiger partial charge in [0.25, 0.3) is 0 Å². The number of nitrogens with one attached hydrogen (secondary N) is 1. The van der Waals surface area contributed by atoms with Gasteiger partial charge in [0.15, 0.2) is 0 Å². The summed E-state index contributed by atoms with van der Waals surface area (Å²) in [4.78, 5) is 6.37. The number of rotatable bonds is 1. The van der Waals surface area contributed by atoms with Crippen molar-refractivity contribution in [1.82, 2.24) is 9.88 Å². The van der Waals surface area contributed by atoms with E-state index in [-0.39, 0.29) is 0 Å². The summed E-state index contributed by atoms with van der Waals surface area (Å²) in [6.07, 6.45) is 4.56. The van der Waals surface area contributed by atoms with E-state index in [4.69, 9.17) is 4.74 Å². The number of methoxy groups -OCH3 is 1. The molecular weight excluding hydrogens is 284 g/mol. The van der Waals surface area contributed by atoms with Gasteiger partial charge in [0.05, 0.1) is 13.2 Å². The first-order valence-electron chi connectivity index (χ1n) is 8.49. The molecule has 6 rings (SSSR count). The lowest BCUT2D eigenvalue weighted by Gasteiger charge is -2.55. The average Bonchev–Trinajstić information content (AvgIpc) is 2.95. The average molecular weight is 306 g/mol. The molecule has 4 aliphatic heterocycles. The zero-order valence-corrected chi connectivity index (χ0v) is 13.7. The van der Waals surface area contributed by atoms with Crippen LogP contribution in [0.5, 0.6) is 5.75 Å². The van der Waals surface area contributed by atoms with E-state index in [1.807, 2.05) is 0 Å². The van der Waals surface area contributed by atoms with Crippen molar-refractivity contribution in [3.63, 3.8) is 0 Å². The molecule has 3 fully saturated rings. The second-order valence-corrected chi connectivity index (χ2v) is 7.06. The third-order valence-corrected chi connectivity index (χ3v) is 6.20. The Morgan fingerprint density at radius 3 is 3.00 bits per heavy atom. The molecule has 3 heteroatoms. The van der Waals surface area contributed by atoms with E-state index in [2.05, 4.69) is 47.7 Å². The second kappa shape index (κ2) is 4.51. The zero-order valence-electron chi connectivity index (χ0n) is 13.7. The molecular formula is C20H22N2O. The van der Waals surface area contributed by atoms with Crippen LogP contribution in [0.1, 0.15) is 30.6 Å². The van der Waals surface area contributed by atoms with E-state index in [0.29, 0.717) is 18.0 Å². The Hall–Kier alpha value is -2.00. The number of nitrogens with zero attached hydrogens (tertiary/aromatic N) is 1. The van der Waals surface area contributed by atoms with Crippen molar-refractivity contribution in [2.24, 2.45) is 5.92 Å². The molecule has 3 saturated heterocycles. The molecule has 1 aromatic carbocycles. The smallest absolute Gasteiger partial charge is 0.120 e. The van der Waals surface area contributed by atoms with Crippen molar-refractivity contribution >= 4 is 10.9 Å². The number of fused-ring (bicyclic) bond motifs is 4. The third-order valence-electron chi connectivity index (χ3n) is 6.20. The predicted octanol–water partition coefficient (Wildman–Crippen LogP) is 3.98. The summed E-state index contributed by atoms with van der Waals surface area (Å²) in [5.74, 6) is 1.50. The van der Waals surface area contributed by atoms with E-state index in [9.17, 15) is 0 Å². The van der Waals surface area contributed by atoms with Gasteiger partial charge in [-0.1, -0.05) is 23.8 Å². The summed E-state index contributed by atoms with van der Waals surface area (Å²) >= 11 is 0. The molecule has 1 unspecified atom stereocenters. The first-order chi connectivity index (χ1) is 11.2. The van der Waals surface area contributed by atoms with E-state index >= 15 is 0 Å². The van der Waals surface area contributed by atoms with Crippen molar-refractivity contribution in [3.8, 4) is 5.75 Å². The van der Waals surface area contributed by atoms with Crippen molar-refractivity contribution in [1.29, 1.82) is 0 Å². The number of benzene rings is 1. The van der Waals surface area contributed by atoms with Crippen LogP contribution in [0.4, 0.5) is 0 Å². The number of hydrogen-bond donors (Lipinski definition) is 1. The van der Waals surface area contributed by atoms with Crippen LogP contribution in [0.3, 0.4) is 0 Å². The van der Waals surface area contributed by atoms with Crippen LogP contribution in [0, 0.1) is 5.92 Å². The van der Waals surface area contributed by atoms with E-state index in [1.165, 1.54) is 34.2 Å². The maximum absolute atomic E-state index is 5.38. The van der Waals surface area contributed by atoms with Gasteiger partial charge < -0.3 is 9.72 Å². The molecule has 23 heavy (non-hydrogen) atoms. The summed E-state index contributed by atoms with van der Waals surface area (Å²) < 4.78 is 5.38. The Balaban J connectivity index is 1.68. The van der Waals surface area contributed by atoms with Gasteiger partial charge in [-0.25, -0.2) is 0 Å². The number of aromatic amines is 1. The molecule has 0 radical (unpaired) electrons. The van der Waals surface area contributed by atoms with Gasteiger partial charge in [-0.3, -0.25) is 4.90 Å². The van der Waals surface area contributed by atoms with E-state index < -0.39 is 0 Å². The molecule has 0 amide bonds. The Morgan fingerprint density at radius 1 is 1.35 bits per heavy atom. The fourth-order valence-corrected chi connectivity index (χ4v) is 5.01. The lowest BCUT2D eigenvalue weighted by atomic mass is 9.68. The van der Waals surface area contributed by atoms with Crippen molar-refractivity contribution in [2.75, 3.05) is 13.7 Å². The van der Waals surface area contributed by atoms with Crippen molar-refractivity contribution < 1.29 is 4.74 Å². The maximum atomic E-state index is 5.38. The Labute approximate surface area is 136 Å². The van der Waals surface area contributed by atoms with Gasteiger partial charge in [0.1, 0.15) is 5.75 Å². The van der Waals surface area contributed by atoms with Crippen LogP contribution in [-0.2, 0) is 6.42 Å². The Bertz CT molecular complexity index is 860. The Morgan fingerprint density at radius 2 is 2.22 bits per heavy atom. The largest absolute Gasteiger partial charge is 0.497 e. The van der Waals surface area contributed by atoms with Gasteiger partial charge in [0.2, 0.25) is 0 Å². The summed E-state index contributed by atoms with van der Waals surface area (Å²) in [6, 6.07) is 7.42.